The normalized spacial score (nSPS) is 23.0. The summed E-state index contributed by atoms with van der Waals surface area (Å²) in [6.45, 7) is 11.7. The molecular formula is C26H39N3O2S. The molecule has 0 spiro atoms. The van der Waals surface area contributed by atoms with Crippen molar-refractivity contribution < 1.29 is 10.2 Å². The van der Waals surface area contributed by atoms with Gasteiger partial charge < -0.3 is 20.8 Å². The number of β-amino-alcohol motifs (C(OH)–C–C–N with tert-alkyl or cyclic N) is 1. The molecule has 0 radical (unpaired) electrons. The van der Waals surface area contributed by atoms with E-state index in [9.17, 15) is 5.11 Å². The second-order valence-corrected chi connectivity index (χ2v) is 12.0. The topological polar surface area (TPSA) is 82.6 Å². The van der Waals surface area contributed by atoms with E-state index in [2.05, 4.69) is 56.2 Å². The largest absolute Gasteiger partial charge is 0.395 e. The molecule has 4 rings (SSSR count). The molecule has 2 aliphatic rings. The molecule has 0 bridgehead atoms. The molecule has 2 atom stereocenters. The SMILES string of the molecule is CC1(C)CCC(C)(C)c2cc(-c3csc(C4CCN(C[C@@H](O)[C@H](N)CO)CC4)n3)ccc21. The summed E-state index contributed by atoms with van der Waals surface area (Å²) in [6, 6.07) is 6.42. The van der Waals surface area contributed by atoms with Gasteiger partial charge in [-0.25, -0.2) is 4.98 Å². The van der Waals surface area contributed by atoms with Crippen LogP contribution in [0.2, 0.25) is 0 Å². The Morgan fingerprint density at radius 2 is 1.78 bits per heavy atom. The molecule has 1 fully saturated rings. The van der Waals surface area contributed by atoms with Gasteiger partial charge in [-0.2, -0.15) is 0 Å². The number of fused-ring (bicyclic) bond motifs is 1. The second-order valence-electron chi connectivity index (χ2n) is 11.1. The van der Waals surface area contributed by atoms with Crippen LogP contribution in [-0.2, 0) is 10.8 Å². The lowest BCUT2D eigenvalue weighted by atomic mass is 9.63. The molecule has 32 heavy (non-hydrogen) atoms. The Hall–Kier alpha value is -1.31. The van der Waals surface area contributed by atoms with E-state index in [1.807, 2.05) is 0 Å². The van der Waals surface area contributed by atoms with Gasteiger partial charge in [-0.15, -0.1) is 11.3 Å². The van der Waals surface area contributed by atoms with Crippen molar-refractivity contribution in [3.63, 3.8) is 0 Å². The van der Waals surface area contributed by atoms with Crippen molar-refractivity contribution in [1.82, 2.24) is 9.88 Å². The Balaban J connectivity index is 1.45. The fourth-order valence-electron chi connectivity index (χ4n) is 5.24. The third kappa shape index (κ3) is 4.80. The molecule has 0 unspecified atom stereocenters. The van der Waals surface area contributed by atoms with Crippen molar-refractivity contribution in [1.29, 1.82) is 0 Å². The van der Waals surface area contributed by atoms with E-state index in [1.165, 1.54) is 34.5 Å². The van der Waals surface area contributed by atoms with Crippen LogP contribution in [0.25, 0.3) is 11.3 Å². The lowest BCUT2D eigenvalue weighted by Gasteiger charge is -2.42. The van der Waals surface area contributed by atoms with Gasteiger partial charge in [-0.05, 0) is 66.8 Å². The van der Waals surface area contributed by atoms with Crippen LogP contribution in [-0.4, -0.2) is 58.5 Å². The van der Waals surface area contributed by atoms with Gasteiger partial charge in [-0.1, -0.05) is 39.8 Å². The van der Waals surface area contributed by atoms with Crippen LogP contribution >= 0.6 is 11.3 Å². The molecular weight excluding hydrogens is 418 g/mol. The number of rotatable bonds is 6. The highest BCUT2D eigenvalue weighted by Crippen LogP contribution is 2.47. The van der Waals surface area contributed by atoms with Crippen molar-refractivity contribution in [2.45, 2.75) is 82.3 Å². The Labute approximate surface area is 196 Å². The minimum absolute atomic E-state index is 0.184. The standard InChI is InChI=1S/C26H39N3O2S/c1-25(2)9-10-26(3,4)20-13-18(5-6-19(20)25)22-16-32-24(28-22)17-7-11-29(12-8-17)14-23(31)21(27)15-30/h5-6,13,16-17,21,23,30-31H,7-12,14-15,27H2,1-4H3/t21-,23-/m1/s1. The lowest BCUT2D eigenvalue weighted by molar-refractivity contribution is 0.0607. The molecule has 0 saturated carbocycles. The van der Waals surface area contributed by atoms with Crippen LogP contribution < -0.4 is 5.73 Å². The number of hydrogen-bond acceptors (Lipinski definition) is 6. The van der Waals surface area contributed by atoms with Gasteiger partial charge >= 0.3 is 0 Å². The first-order valence-electron chi connectivity index (χ1n) is 12.0. The number of nitrogens with two attached hydrogens (primary N) is 1. The van der Waals surface area contributed by atoms with Gasteiger partial charge in [0.15, 0.2) is 0 Å². The Bertz CT molecular complexity index is 931. The van der Waals surface area contributed by atoms with Crippen molar-refractivity contribution in [3.8, 4) is 11.3 Å². The third-order valence-corrected chi connectivity index (χ3v) is 8.76. The first kappa shape index (κ1) is 23.8. The van der Waals surface area contributed by atoms with Crippen LogP contribution in [0.5, 0.6) is 0 Å². The zero-order valence-corrected chi connectivity index (χ0v) is 20.8. The van der Waals surface area contributed by atoms with Crippen molar-refractivity contribution in [3.05, 3.63) is 39.7 Å². The maximum absolute atomic E-state index is 10.1. The van der Waals surface area contributed by atoms with Gasteiger partial charge in [0.2, 0.25) is 0 Å². The van der Waals surface area contributed by atoms with Gasteiger partial charge in [0, 0.05) is 23.4 Å². The molecule has 0 amide bonds. The van der Waals surface area contributed by atoms with Crippen LogP contribution in [0.4, 0.5) is 0 Å². The maximum Gasteiger partial charge on any atom is 0.0964 e. The highest BCUT2D eigenvalue weighted by molar-refractivity contribution is 7.10. The first-order chi connectivity index (χ1) is 15.1. The van der Waals surface area contributed by atoms with Crippen LogP contribution in [0.3, 0.4) is 0 Å². The Morgan fingerprint density at radius 1 is 1.12 bits per heavy atom. The number of hydrogen-bond donors (Lipinski definition) is 3. The molecule has 1 saturated heterocycles. The van der Waals surface area contributed by atoms with E-state index in [1.54, 1.807) is 11.3 Å². The van der Waals surface area contributed by atoms with E-state index in [0.717, 1.165) is 31.6 Å². The Kier molecular flexibility index (Phi) is 6.81. The average Bonchev–Trinajstić information content (AvgIpc) is 3.27. The van der Waals surface area contributed by atoms with Gasteiger partial charge in [0.25, 0.3) is 0 Å². The number of likely N-dealkylation sites (tertiary alicyclic amines) is 1. The van der Waals surface area contributed by atoms with E-state index < -0.39 is 12.1 Å². The molecule has 1 aromatic carbocycles. The van der Waals surface area contributed by atoms with E-state index in [0.29, 0.717) is 12.5 Å². The molecule has 2 aromatic rings. The number of piperidine rings is 1. The lowest BCUT2D eigenvalue weighted by Crippen LogP contribution is -2.47. The van der Waals surface area contributed by atoms with Gasteiger partial charge in [-0.3, -0.25) is 0 Å². The number of aromatic nitrogens is 1. The smallest absolute Gasteiger partial charge is 0.0964 e. The summed E-state index contributed by atoms with van der Waals surface area (Å²) in [5.41, 5.74) is 11.5. The number of aliphatic hydroxyl groups excluding tert-OH is 2. The predicted octanol–water partition coefficient (Wildman–Crippen LogP) is 4.02. The highest BCUT2D eigenvalue weighted by atomic mass is 32.1. The fraction of sp³-hybridized carbons (Fsp3) is 0.654. The molecule has 4 N–H and O–H groups in total. The first-order valence-corrected chi connectivity index (χ1v) is 12.9. The number of aliphatic hydroxyl groups is 2. The van der Waals surface area contributed by atoms with Crippen LogP contribution in [0.1, 0.15) is 75.4 Å². The summed E-state index contributed by atoms with van der Waals surface area (Å²) >= 11 is 1.78. The van der Waals surface area contributed by atoms with Crippen molar-refractivity contribution in [2.24, 2.45) is 5.73 Å². The molecule has 1 aliphatic heterocycles. The number of nitrogens with zero attached hydrogens (tertiary/aromatic N) is 2. The summed E-state index contributed by atoms with van der Waals surface area (Å²) < 4.78 is 0. The summed E-state index contributed by atoms with van der Waals surface area (Å²) in [4.78, 5) is 7.31. The predicted molar refractivity (Wildman–Crippen MR) is 132 cm³/mol. The van der Waals surface area contributed by atoms with E-state index >= 15 is 0 Å². The monoisotopic (exact) mass is 457 g/mol. The molecule has 5 nitrogen and oxygen atoms in total. The maximum atomic E-state index is 10.1. The summed E-state index contributed by atoms with van der Waals surface area (Å²) in [5.74, 6) is 0.474. The molecule has 1 aliphatic carbocycles. The van der Waals surface area contributed by atoms with E-state index in [-0.39, 0.29) is 17.4 Å². The quantitative estimate of drug-likeness (QED) is 0.610. The summed E-state index contributed by atoms with van der Waals surface area (Å²) in [6.07, 6.45) is 3.85. The fourth-order valence-corrected chi connectivity index (χ4v) is 6.24. The van der Waals surface area contributed by atoms with Crippen molar-refractivity contribution >= 4 is 11.3 Å². The summed E-state index contributed by atoms with van der Waals surface area (Å²) in [5, 5.41) is 22.7. The van der Waals surface area contributed by atoms with E-state index in [4.69, 9.17) is 15.8 Å². The molecule has 1 aromatic heterocycles. The van der Waals surface area contributed by atoms with Gasteiger partial charge in [0.1, 0.15) is 0 Å². The number of benzene rings is 1. The van der Waals surface area contributed by atoms with Gasteiger partial charge in [0.05, 0.1) is 29.5 Å². The minimum atomic E-state index is -0.679. The number of thiazole rings is 1. The molecule has 176 valence electrons. The highest BCUT2D eigenvalue weighted by Gasteiger charge is 2.37. The van der Waals surface area contributed by atoms with Crippen LogP contribution in [0, 0.1) is 0 Å². The molecule has 2 heterocycles. The average molecular weight is 458 g/mol. The third-order valence-electron chi connectivity index (χ3n) is 7.76. The minimum Gasteiger partial charge on any atom is -0.395 e. The second kappa shape index (κ2) is 9.15. The molecule has 6 heteroatoms. The van der Waals surface area contributed by atoms with Crippen LogP contribution in [0.15, 0.2) is 23.6 Å². The Morgan fingerprint density at radius 3 is 2.44 bits per heavy atom. The summed E-state index contributed by atoms with van der Waals surface area (Å²) in [7, 11) is 0. The zero-order valence-electron chi connectivity index (χ0n) is 20.0. The zero-order chi connectivity index (χ0) is 23.1. The van der Waals surface area contributed by atoms with Crippen molar-refractivity contribution in [2.75, 3.05) is 26.2 Å².